The van der Waals surface area contributed by atoms with Crippen molar-refractivity contribution in [2.75, 3.05) is 19.0 Å². The maximum Gasteiger partial charge on any atom is 0.326 e. The lowest BCUT2D eigenvalue weighted by molar-refractivity contribution is -0.139. The van der Waals surface area contributed by atoms with Crippen LogP contribution in [0.15, 0.2) is 24.3 Å². The maximum absolute atomic E-state index is 11.7. The van der Waals surface area contributed by atoms with Gasteiger partial charge in [-0.05, 0) is 12.1 Å². The SMILES string of the molecule is COCCC(NC(=O)Nc1ccccc1Cl)C(=O)O. The van der Waals surface area contributed by atoms with Crippen molar-refractivity contribution in [2.24, 2.45) is 0 Å². The number of carboxylic acid groups (broad SMARTS) is 1. The normalized spacial score (nSPS) is 11.7. The van der Waals surface area contributed by atoms with Crippen LogP contribution in [0.2, 0.25) is 5.02 Å². The van der Waals surface area contributed by atoms with E-state index in [4.69, 9.17) is 21.4 Å². The van der Waals surface area contributed by atoms with Gasteiger partial charge in [0, 0.05) is 20.1 Å². The summed E-state index contributed by atoms with van der Waals surface area (Å²) < 4.78 is 4.79. The summed E-state index contributed by atoms with van der Waals surface area (Å²) in [6.07, 6.45) is 0.182. The minimum absolute atomic E-state index is 0.182. The molecule has 1 rings (SSSR count). The molecule has 19 heavy (non-hydrogen) atoms. The summed E-state index contributed by atoms with van der Waals surface area (Å²) in [5.74, 6) is -1.12. The highest BCUT2D eigenvalue weighted by molar-refractivity contribution is 6.33. The highest BCUT2D eigenvalue weighted by atomic mass is 35.5. The molecule has 0 aliphatic carbocycles. The van der Waals surface area contributed by atoms with E-state index in [0.29, 0.717) is 10.7 Å². The first-order chi connectivity index (χ1) is 9.04. The smallest absolute Gasteiger partial charge is 0.326 e. The number of halogens is 1. The minimum atomic E-state index is -1.12. The van der Waals surface area contributed by atoms with E-state index in [9.17, 15) is 9.59 Å². The Kier molecular flexibility index (Phi) is 6.11. The molecular weight excluding hydrogens is 272 g/mol. The van der Waals surface area contributed by atoms with E-state index in [1.54, 1.807) is 24.3 Å². The molecule has 1 unspecified atom stereocenters. The second kappa shape index (κ2) is 7.60. The third-order valence-corrected chi connectivity index (χ3v) is 2.67. The lowest BCUT2D eigenvalue weighted by Crippen LogP contribution is -2.43. The van der Waals surface area contributed by atoms with Gasteiger partial charge in [0.25, 0.3) is 0 Å². The van der Waals surface area contributed by atoms with Crippen LogP contribution >= 0.6 is 11.6 Å². The average Bonchev–Trinajstić information content (AvgIpc) is 2.37. The average molecular weight is 287 g/mol. The van der Waals surface area contributed by atoms with Crippen LogP contribution in [-0.2, 0) is 9.53 Å². The van der Waals surface area contributed by atoms with E-state index < -0.39 is 18.0 Å². The Morgan fingerprint density at radius 3 is 2.68 bits per heavy atom. The lowest BCUT2D eigenvalue weighted by Gasteiger charge is -2.15. The third-order valence-electron chi connectivity index (χ3n) is 2.34. The number of aliphatic carboxylic acids is 1. The maximum atomic E-state index is 11.7. The number of urea groups is 1. The Morgan fingerprint density at radius 1 is 1.42 bits per heavy atom. The molecule has 0 aliphatic rings. The van der Waals surface area contributed by atoms with E-state index in [1.807, 2.05) is 0 Å². The summed E-state index contributed by atoms with van der Waals surface area (Å²) in [5.41, 5.74) is 0.414. The van der Waals surface area contributed by atoms with Crippen molar-refractivity contribution in [1.29, 1.82) is 0 Å². The molecule has 1 aromatic carbocycles. The van der Waals surface area contributed by atoms with Crippen LogP contribution in [0.25, 0.3) is 0 Å². The van der Waals surface area contributed by atoms with Crippen molar-refractivity contribution in [2.45, 2.75) is 12.5 Å². The number of methoxy groups -OCH3 is 1. The van der Waals surface area contributed by atoms with E-state index in [0.717, 1.165) is 0 Å². The number of carboxylic acids is 1. The van der Waals surface area contributed by atoms with Crippen LogP contribution < -0.4 is 10.6 Å². The van der Waals surface area contributed by atoms with Gasteiger partial charge in [0.2, 0.25) is 0 Å². The molecule has 6 nitrogen and oxygen atoms in total. The number of carbonyl (C=O) groups is 2. The van der Waals surface area contributed by atoms with Crippen LogP contribution in [0.4, 0.5) is 10.5 Å². The number of benzene rings is 1. The Balaban J connectivity index is 2.58. The highest BCUT2D eigenvalue weighted by Crippen LogP contribution is 2.20. The van der Waals surface area contributed by atoms with Gasteiger partial charge in [-0.25, -0.2) is 9.59 Å². The Hall–Kier alpha value is -1.79. The molecular formula is C12H15ClN2O4. The van der Waals surface area contributed by atoms with Crippen molar-refractivity contribution in [3.05, 3.63) is 29.3 Å². The number of amides is 2. The van der Waals surface area contributed by atoms with Gasteiger partial charge in [0.05, 0.1) is 10.7 Å². The van der Waals surface area contributed by atoms with Crippen LogP contribution in [0.3, 0.4) is 0 Å². The molecule has 0 aromatic heterocycles. The number of carbonyl (C=O) groups excluding carboxylic acids is 1. The molecule has 3 N–H and O–H groups in total. The summed E-state index contributed by atoms with van der Waals surface area (Å²) >= 11 is 5.87. The van der Waals surface area contributed by atoms with Crippen molar-refractivity contribution >= 4 is 29.3 Å². The van der Waals surface area contributed by atoms with Gasteiger partial charge in [-0.1, -0.05) is 23.7 Å². The second-order valence-corrected chi connectivity index (χ2v) is 4.16. The molecule has 0 saturated carbocycles. The highest BCUT2D eigenvalue weighted by Gasteiger charge is 2.19. The summed E-state index contributed by atoms with van der Waals surface area (Å²) in [5, 5.41) is 14.1. The number of para-hydroxylation sites is 1. The van der Waals surface area contributed by atoms with E-state index in [1.165, 1.54) is 7.11 Å². The van der Waals surface area contributed by atoms with Crippen LogP contribution in [0.1, 0.15) is 6.42 Å². The molecule has 104 valence electrons. The van der Waals surface area contributed by atoms with E-state index in [2.05, 4.69) is 10.6 Å². The summed E-state index contributed by atoms with van der Waals surface area (Å²) in [4.78, 5) is 22.6. The zero-order valence-corrected chi connectivity index (χ0v) is 11.1. The number of ether oxygens (including phenoxy) is 1. The van der Waals surface area contributed by atoms with E-state index in [-0.39, 0.29) is 13.0 Å². The molecule has 0 radical (unpaired) electrons. The topological polar surface area (TPSA) is 87.7 Å². The molecule has 0 spiro atoms. The van der Waals surface area contributed by atoms with Gasteiger partial charge in [-0.15, -0.1) is 0 Å². The minimum Gasteiger partial charge on any atom is -0.480 e. The molecule has 0 heterocycles. The van der Waals surface area contributed by atoms with Gasteiger partial charge in [0.15, 0.2) is 0 Å². The predicted molar refractivity (Wildman–Crippen MR) is 71.5 cm³/mol. The lowest BCUT2D eigenvalue weighted by atomic mass is 10.2. The Labute approximate surface area is 115 Å². The first-order valence-corrected chi connectivity index (χ1v) is 5.96. The van der Waals surface area contributed by atoms with Gasteiger partial charge < -0.3 is 20.5 Å². The molecule has 7 heteroatoms. The fraction of sp³-hybridized carbons (Fsp3) is 0.333. The number of rotatable bonds is 6. The monoisotopic (exact) mass is 286 g/mol. The fourth-order valence-electron chi connectivity index (χ4n) is 1.37. The van der Waals surface area contributed by atoms with Crippen molar-refractivity contribution in [3.8, 4) is 0 Å². The van der Waals surface area contributed by atoms with Crippen LogP contribution in [-0.4, -0.2) is 36.9 Å². The molecule has 0 fully saturated rings. The predicted octanol–water partition coefficient (Wildman–Crippen LogP) is 1.95. The number of anilines is 1. The largest absolute Gasteiger partial charge is 0.480 e. The van der Waals surface area contributed by atoms with Crippen molar-refractivity contribution in [3.63, 3.8) is 0 Å². The van der Waals surface area contributed by atoms with Gasteiger partial charge in [-0.3, -0.25) is 0 Å². The number of hydrogen-bond donors (Lipinski definition) is 3. The quantitative estimate of drug-likeness (QED) is 0.746. The van der Waals surface area contributed by atoms with Crippen molar-refractivity contribution in [1.82, 2.24) is 5.32 Å². The van der Waals surface area contributed by atoms with Crippen LogP contribution in [0, 0.1) is 0 Å². The van der Waals surface area contributed by atoms with Crippen LogP contribution in [0.5, 0.6) is 0 Å². The number of nitrogens with one attached hydrogen (secondary N) is 2. The number of hydrogen-bond acceptors (Lipinski definition) is 3. The molecule has 1 aromatic rings. The molecule has 0 saturated heterocycles. The molecule has 0 aliphatic heterocycles. The summed E-state index contributed by atoms with van der Waals surface area (Å²) in [6.45, 7) is 0.239. The first-order valence-electron chi connectivity index (χ1n) is 5.58. The van der Waals surface area contributed by atoms with Crippen molar-refractivity contribution < 1.29 is 19.4 Å². The molecule has 0 bridgehead atoms. The molecule has 2 amide bonds. The van der Waals surface area contributed by atoms with Gasteiger partial charge in [-0.2, -0.15) is 0 Å². The summed E-state index contributed by atoms with van der Waals surface area (Å²) in [7, 11) is 1.46. The Bertz CT molecular complexity index is 453. The Morgan fingerprint density at radius 2 is 2.11 bits per heavy atom. The zero-order valence-electron chi connectivity index (χ0n) is 10.4. The first kappa shape index (κ1) is 15.3. The second-order valence-electron chi connectivity index (χ2n) is 3.75. The third kappa shape index (κ3) is 5.15. The van der Waals surface area contributed by atoms with E-state index >= 15 is 0 Å². The fourth-order valence-corrected chi connectivity index (χ4v) is 1.56. The van der Waals surface area contributed by atoms with Gasteiger partial charge >= 0.3 is 12.0 Å². The summed E-state index contributed by atoms with van der Waals surface area (Å²) in [6, 6.07) is 5.04. The zero-order chi connectivity index (χ0) is 14.3. The van der Waals surface area contributed by atoms with Gasteiger partial charge in [0.1, 0.15) is 6.04 Å². The molecule has 1 atom stereocenters. The standard InChI is InChI=1S/C12H15ClN2O4/c1-19-7-6-10(11(16)17)15-12(18)14-9-5-3-2-4-8(9)13/h2-5,10H,6-7H2,1H3,(H,16,17)(H2,14,15,18).